The van der Waals surface area contributed by atoms with Crippen molar-refractivity contribution in [2.75, 3.05) is 13.1 Å². The SMILES string of the molecule is O=C(c1ccc2nonc2c1)N1CCC(F)(F)CC1. The van der Waals surface area contributed by atoms with Crippen LogP contribution in [0.3, 0.4) is 0 Å². The van der Waals surface area contributed by atoms with Crippen LogP contribution < -0.4 is 0 Å². The number of hydrogen-bond acceptors (Lipinski definition) is 4. The van der Waals surface area contributed by atoms with Crippen molar-refractivity contribution >= 4 is 16.9 Å². The lowest BCUT2D eigenvalue weighted by atomic mass is 10.1. The molecule has 0 saturated carbocycles. The van der Waals surface area contributed by atoms with E-state index < -0.39 is 5.92 Å². The van der Waals surface area contributed by atoms with Gasteiger partial charge < -0.3 is 4.90 Å². The number of fused-ring (bicyclic) bond motifs is 1. The largest absolute Gasteiger partial charge is 0.338 e. The molecule has 3 rings (SSSR count). The number of hydrogen-bond donors (Lipinski definition) is 0. The van der Waals surface area contributed by atoms with Crippen LogP contribution in [0.1, 0.15) is 23.2 Å². The number of likely N-dealkylation sites (tertiary alicyclic amines) is 1. The average molecular weight is 267 g/mol. The topological polar surface area (TPSA) is 59.2 Å². The van der Waals surface area contributed by atoms with Crippen LogP contribution in [0.2, 0.25) is 0 Å². The molecule has 2 heterocycles. The van der Waals surface area contributed by atoms with Gasteiger partial charge in [0, 0.05) is 31.5 Å². The van der Waals surface area contributed by atoms with E-state index in [1.807, 2.05) is 0 Å². The van der Waals surface area contributed by atoms with Gasteiger partial charge in [0.2, 0.25) is 0 Å². The van der Waals surface area contributed by atoms with Crippen molar-refractivity contribution in [1.82, 2.24) is 15.2 Å². The van der Waals surface area contributed by atoms with Crippen molar-refractivity contribution < 1.29 is 18.2 Å². The van der Waals surface area contributed by atoms with Crippen LogP contribution in [-0.2, 0) is 0 Å². The number of rotatable bonds is 1. The number of halogens is 2. The quantitative estimate of drug-likeness (QED) is 0.793. The summed E-state index contributed by atoms with van der Waals surface area (Å²) in [5, 5.41) is 7.29. The average Bonchev–Trinajstić information content (AvgIpc) is 2.85. The summed E-state index contributed by atoms with van der Waals surface area (Å²) in [5.41, 5.74) is 1.45. The van der Waals surface area contributed by atoms with Gasteiger partial charge >= 0.3 is 0 Å². The molecule has 1 saturated heterocycles. The normalized spacial score (nSPS) is 18.7. The van der Waals surface area contributed by atoms with Gasteiger partial charge in [-0.05, 0) is 28.5 Å². The fraction of sp³-hybridized carbons (Fsp3) is 0.417. The van der Waals surface area contributed by atoms with E-state index in [0.29, 0.717) is 16.6 Å². The number of aromatic nitrogens is 2. The van der Waals surface area contributed by atoms with Crippen molar-refractivity contribution in [3.8, 4) is 0 Å². The molecule has 2 aromatic rings. The second-order valence-electron chi connectivity index (χ2n) is 4.62. The van der Waals surface area contributed by atoms with E-state index in [2.05, 4.69) is 14.9 Å². The predicted octanol–water partition coefficient (Wildman–Crippen LogP) is 2.09. The smallest absolute Gasteiger partial charge is 0.253 e. The van der Waals surface area contributed by atoms with Gasteiger partial charge in [0.1, 0.15) is 11.0 Å². The van der Waals surface area contributed by atoms with E-state index in [0.717, 1.165) is 0 Å². The molecule has 0 spiro atoms. The first-order valence-corrected chi connectivity index (χ1v) is 5.95. The highest BCUT2D eigenvalue weighted by atomic mass is 19.3. The minimum atomic E-state index is -2.66. The van der Waals surface area contributed by atoms with E-state index >= 15 is 0 Å². The summed E-state index contributed by atoms with van der Waals surface area (Å²) in [6.45, 7) is 0.141. The number of nitrogens with zero attached hydrogens (tertiary/aromatic N) is 3. The lowest BCUT2D eigenvalue weighted by Gasteiger charge is -2.31. The van der Waals surface area contributed by atoms with Crippen LogP contribution in [-0.4, -0.2) is 40.1 Å². The molecule has 100 valence electrons. The Labute approximate surface area is 107 Å². The van der Waals surface area contributed by atoms with Gasteiger partial charge in [-0.1, -0.05) is 0 Å². The van der Waals surface area contributed by atoms with Crippen LogP contribution in [0.15, 0.2) is 22.8 Å². The fourth-order valence-electron chi connectivity index (χ4n) is 2.13. The maximum atomic E-state index is 13.0. The Morgan fingerprint density at radius 3 is 2.63 bits per heavy atom. The number of alkyl halides is 2. The molecular formula is C12H11F2N3O2. The third-order valence-electron chi connectivity index (χ3n) is 3.28. The molecule has 1 aromatic heterocycles. The van der Waals surface area contributed by atoms with E-state index in [1.54, 1.807) is 18.2 Å². The molecule has 19 heavy (non-hydrogen) atoms. The zero-order chi connectivity index (χ0) is 13.5. The van der Waals surface area contributed by atoms with Gasteiger partial charge in [0.25, 0.3) is 11.8 Å². The first kappa shape index (κ1) is 12.0. The maximum Gasteiger partial charge on any atom is 0.253 e. The Bertz CT molecular complexity index is 616. The number of carbonyl (C=O) groups excluding carboxylic acids is 1. The minimum absolute atomic E-state index is 0.0704. The Morgan fingerprint density at radius 2 is 1.89 bits per heavy atom. The number of carbonyl (C=O) groups is 1. The Kier molecular flexibility index (Phi) is 2.69. The van der Waals surface area contributed by atoms with Gasteiger partial charge in [0.05, 0.1) is 0 Å². The van der Waals surface area contributed by atoms with Crippen molar-refractivity contribution in [3.63, 3.8) is 0 Å². The first-order chi connectivity index (χ1) is 9.05. The van der Waals surface area contributed by atoms with Crippen LogP contribution >= 0.6 is 0 Å². The highest BCUT2D eigenvalue weighted by Crippen LogP contribution is 2.28. The third-order valence-corrected chi connectivity index (χ3v) is 3.28. The summed E-state index contributed by atoms with van der Waals surface area (Å²) in [6, 6.07) is 4.78. The molecule has 1 aliphatic rings. The maximum absolute atomic E-state index is 13.0. The third kappa shape index (κ3) is 2.27. The zero-order valence-corrected chi connectivity index (χ0v) is 9.97. The minimum Gasteiger partial charge on any atom is -0.338 e. The van der Waals surface area contributed by atoms with Gasteiger partial charge in [0.15, 0.2) is 0 Å². The Morgan fingerprint density at radius 1 is 1.21 bits per heavy atom. The van der Waals surface area contributed by atoms with Crippen molar-refractivity contribution in [2.45, 2.75) is 18.8 Å². The van der Waals surface area contributed by atoms with E-state index in [1.165, 1.54) is 4.90 Å². The highest BCUT2D eigenvalue weighted by Gasteiger charge is 2.35. The summed E-state index contributed by atoms with van der Waals surface area (Å²) in [5.74, 6) is -2.92. The van der Waals surface area contributed by atoms with Gasteiger partial charge in [-0.2, -0.15) is 0 Å². The Hall–Kier alpha value is -2.05. The lowest BCUT2D eigenvalue weighted by molar-refractivity contribution is -0.0494. The Balaban J connectivity index is 1.80. The second-order valence-corrected chi connectivity index (χ2v) is 4.62. The molecule has 1 amide bonds. The van der Waals surface area contributed by atoms with E-state index in [4.69, 9.17) is 0 Å². The molecule has 0 atom stereocenters. The van der Waals surface area contributed by atoms with E-state index in [-0.39, 0.29) is 31.8 Å². The van der Waals surface area contributed by atoms with Crippen molar-refractivity contribution in [2.24, 2.45) is 0 Å². The van der Waals surface area contributed by atoms with Gasteiger partial charge in [-0.15, -0.1) is 0 Å². The highest BCUT2D eigenvalue weighted by molar-refractivity contribution is 5.97. The second kappa shape index (κ2) is 4.25. The van der Waals surface area contributed by atoms with Gasteiger partial charge in [-0.25, -0.2) is 13.4 Å². The summed E-state index contributed by atoms with van der Waals surface area (Å²) < 4.78 is 30.6. The molecular weight excluding hydrogens is 256 g/mol. The summed E-state index contributed by atoms with van der Waals surface area (Å²) >= 11 is 0. The summed E-state index contributed by atoms with van der Waals surface area (Å²) in [6.07, 6.45) is -0.570. The predicted molar refractivity (Wildman–Crippen MR) is 61.9 cm³/mol. The van der Waals surface area contributed by atoms with Crippen LogP contribution in [0.5, 0.6) is 0 Å². The van der Waals surface area contributed by atoms with Crippen molar-refractivity contribution in [1.29, 1.82) is 0 Å². The lowest BCUT2D eigenvalue weighted by Crippen LogP contribution is -2.42. The summed E-state index contributed by atoms with van der Waals surface area (Å²) in [4.78, 5) is 13.6. The molecule has 0 unspecified atom stereocenters. The van der Waals surface area contributed by atoms with E-state index in [9.17, 15) is 13.6 Å². The fourth-order valence-corrected chi connectivity index (χ4v) is 2.13. The van der Waals surface area contributed by atoms with Crippen molar-refractivity contribution in [3.05, 3.63) is 23.8 Å². The molecule has 7 heteroatoms. The summed E-state index contributed by atoms with van der Waals surface area (Å²) in [7, 11) is 0. The van der Waals surface area contributed by atoms with Crippen LogP contribution in [0.4, 0.5) is 8.78 Å². The molecule has 0 bridgehead atoms. The molecule has 0 radical (unpaired) electrons. The standard InChI is InChI=1S/C12H11F2N3O2/c13-12(14)3-5-17(6-4-12)11(18)8-1-2-9-10(7-8)16-19-15-9/h1-2,7H,3-6H2. The number of piperidine rings is 1. The number of amides is 1. The molecule has 1 aliphatic heterocycles. The molecule has 0 N–H and O–H groups in total. The molecule has 5 nitrogen and oxygen atoms in total. The zero-order valence-electron chi connectivity index (χ0n) is 9.97. The monoisotopic (exact) mass is 267 g/mol. The van der Waals surface area contributed by atoms with Crippen LogP contribution in [0, 0.1) is 0 Å². The molecule has 1 aromatic carbocycles. The van der Waals surface area contributed by atoms with Gasteiger partial charge in [-0.3, -0.25) is 4.79 Å². The first-order valence-electron chi connectivity index (χ1n) is 5.95. The van der Waals surface area contributed by atoms with Crippen LogP contribution in [0.25, 0.3) is 11.0 Å². The number of benzene rings is 1. The molecule has 1 fully saturated rings. The molecule has 0 aliphatic carbocycles.